The van der Waals surface area contributed by atoms with Crippen LogP contribution in [0.4, 0.5) is 5.95 Å². The molecular weight excluding hydrogens is 426 g/mol. The number of rotatable bonds is 12. The van der Waals surface area contributed by atoms with Gasteiger partial charge in [0.15, 0.2) is 0 Å². The molecule has 1 unspecified atom stereocenters. The van der Waals surface area contributed by atoms with E-state index in [1.54, 1.807) is 18.0 Å². The van der Waals surface area contributed by atoms with Crippen LogP contribution in [0.5, 0.6) is 0 Å². The van der Waals surface area contributed by atoms with Crippen molar-refractivity contribution in [2.75, 3.05) is 24.2 Å². The molecule has 5 nitrogen and oxygen atoms in total. The SMILES string of the molecule is C=N/C(=C(\SCCNCCC)c1ccnc(NC(C)c2ccccc2)n1)c1cccc(C)c1. The Kier molecular flexibility index (Phi) is 9.66. The maximum atomic E-state index is 4.86. The Morgan fingerprint density at radius 3 is 2.64 bits per heavy atom. The van der Waals surface area contributed by atoms with Gasteiger partial charge in [0.1, 0.15) is 0 Å². The normalized spacial score (nSPS) is 12.7. The van der Waals surface area contributed by atoms with Crippen molar-refractivity contribution in [3.63, 3.8) is 0 Å². The number of aryl methyl sites for hydroxylation is 1. The highest BCUT2D eigenvalue weighted by Gasteiger charge is 2.15. The van der Waals surface area contributed by atoms with Crippen molar-refractivity contribution in [1.29, 1.82) is 0 Å². The number of anilines is 1. The minimum Gasteiger partial charge on any atom is -0.348 e. The number of aliphatic imine (C=N–C) groups is 1. The van der Waals surface area contributed by atoms with Crippen LogP contribution in [0.1, 0.15) is 48.7 Å². The average Bonchev–Trinajstić information content (AvgIpc) is 2.84. The third-order valence-corrected chi connectivity index (χ3v) is 6.25. The molecule has 0 amide bonds. The lowest BCUT2D eigenvalue weighted by Crippen LogP contribution is -2.17. The van der Waals surface area contributed by atoms with Crippen molar-refractivity contribution in [1.82, 2.24) is 15.3 Å². The predicted octanol–water partition coefficient (Wildman–Crippen LogP) is 6.22. The Bertz CT molecular complexity index is 1060. The fourth-order valence-corrected chi connectivity index (χ4v) is 4.48. The van der Waals surface area contributed by atoms with Crippen LogP contribution >= 0.6 is 11.8 Å². The second-order valence-corrected chi connectivity index (χ2v) is 8.95. The first-order chi connectivity index (χ1) is 16.1. The average molecular weight is 460 g/mol. The first kappa shape index (κ1) is 24.7. The number of benzene rings is 2. The fraction of sp³-hybridized carbons (Fsp3) is 0.296. The van der Waals surface area contributed by atoms with Gasteiger partial charge in [0, 0.05) is 24.1 Å². The Hall–Kier alpha value is -2.96. The zero-order valence-electron chi connectivity index (χ0n) is 19.7. The number of hydrogen-bond donors (Lipinski definition) is 2. The molecule has 0 saturated heterocycles. The summed E-state index contributed by atoms with van der Waals surface area (Å²) in [4.78, 5) is 14.8. The molecule has 1 aromatic heterocycles. The summed E-state index contributed by atoms with van der Waals surface area (Å²) in [5.74, 6) is 1.51. The van der Waals surface area contributed by atoms with Gasteiger partial charge < -0.3 is 10.6 Å². The highest BCUT2D eigenvalue weighted by atomic mass is 32.2. The topological polar surface area (TPSA) is 62.2 Å². The molecule has 6 heteroatoms. The zero-order chi connectivity index (χ0) is 23.5. The van der Waals surface area contributed by atoms with Crippen molar-refractivity contribution in [2.45, 2.75) is 33.2 Å². The van der Waals surface area contributed by atoms with Crippen molar-refractivity contribution in [3.8, 4) is 0 Å². The number of nitrogens with zero attached hydrogens (tertiary/aromatic N) is 3. The summed E-state index contributed by atoms with van der Waals surface area (Å²) in [7, 11) is 0. The molecule has 0 spiro atoms. The van der Waals surface area contributed by atoms with E-state index in [-0.39, 0.29) is 6.04 Å². The second-order valence-electron chi connectivity index (χ2n) is 7.85. The van der Waals surface area contributed by atoms with E-state index in [2.05, 4.69) is 84.5 Å². The van der Waals surface area contributed by atoms with Gasteiger partial charge in [-0.2, -0.15) is 0 Å². The maximum absolute atomic E-state index is 4.86. The Balaban J connectivity index is 1.92. The monoisotopic (exact) mass is 459 g/mol. The number of aromatic nitrogens is 2. The van der Waals surface area contributed by atoms with E-state index in [1.807, 2.05) is 24.3 Å². The summed E-state index contributed by atoms with van der Waals surface area (Å²) in [6.07, 6.45) is 2.92. The third-order valence-electron chi connectivity index (χ3n) is 5.15. The van der Waals surface area contributed by atoms with E-state index < -0.39 is 0 Å². The molecule has 33 heavy (non-hydrogen) atoms. The summed E-state index contributed by atoms with van der Waals surface area (Å²) < 4.78 is 0. The van der Waals surface area contributed by atoms with Crippen molar-refractivity contribution < 1.29 is 0 Å². The van der Waals surface area contributed by atoms with Crippen molar-refractivity contribution in [3.05, 3.63) is 89.2 Å². The molecule has 2 N–H and O–H groups in total. The molecule has 0 radical (unpaired) electrons. The minimum absolute atomic E-state index is 0.0912. The maximum Gasteiger partial charge on any atom is 0.223 e. The van der Waals surface area contributed by atoms with Gasteiger partial charge in [-0.25, -0.2) is 9.97 Å². The molecule has 3 aromatic rings. The summed E-state index contributed by atoms with van der Waals surface area (Å²) in [5, 5.41) is 6.90. The van der Waals surface area contributed by atoms with Crippen LogP contribution in [-0.4, -0.2) is 35.5 Å². The quantitative estimate of drug-likeness (QED) is 0.249. The van der Waals surface area contributed by atoms with Gasteiger partial charge in [-0.3, -0.25) is 4.99 Å². The summed E-state index contributed by atoms with van der Waals surface area (Å²) >= 11 is 1.75. The lowest BCUT2D eigenvalue weighted by atomic mass is 10.1. The smallest absolute Gasteiger partial charge is 0.223 e. The molecule has 1 atom stereocenters. The predicted molar refractivity (Wildman–Crippen MR) is 144 cm³/mol. The van der Waals surface area contributed by atoms with Gasteiger partial charge in [-0.1, -0.05) is 61.0 Å². The highest BCUT2D eigenvalue weighted by Crippen LogP contribution is 2.35. The van der Waals surface area contributed by atoms with E-state index in [4.69, 9.17) is 4.98 Å². The van der Waals surface area contributed by atoms with E-state index in [0.29, 0.717) is 5.95 Å². The Labute approximate surface area is 201 Å². The first-order valence-corrected chi connectivity index (χ1v) is 12.4. The third kappa shape index (κ3) is 7.27. The number of hydrogen-bond acceptors (Lipinski definition) is 6. The molecule has 172 valence electrons. The molecule has 0 fully saturated rings. The van der Waals surface area contributed by atoms with Crippen LogP contribution in [0.15, 0.2) is 71.9 Å². The van der Waals surface area contributed by atoms with Gasteiger partial charge in [-0.15, -0.1) is 11.8 Å². The Morgan fingerprint density at radius 1 is 1.09 bits per heavy atom. The number of nitrogens with one attached hydrogen (secondary N) is 2. The van der Waals surface area contributed by atoms with Crippen molar-refractivity contribution in [2.24, 2.45) is 4.99 Å². The van der Waals surface area contributed by atoms with E-state index in [1.165, 1.54) is 11.1 Å². The van der Waals surface area contributed by atoms with Gasteiger partial charge >= 0.3 is 0 Å². The van der Waals surface area contributed by atoms with E-state index in [0.717, 1.165) is 47.1 Å². The van der Waals surface area contributed by atoms with Gasteiger partial charge in [0.25, 0.3) is 0 Å². The van der Waals surface area contributed by atoms with Crippen LogP contribution in [0, 0.1) is 6.92 Å². The molecule has 0 aliphatic heterocycles. The zero-order valence-corrected chi connectivity index (χ0v) is 20.5. The molecule has 0 aliphatic rings. The summed E-state index contributed by atoms with van der Waals surface area (Å²) in [6.45, 7) is 12.2. The minimum atomic E-state index is 0.0912. The standard InChI is InChI=1S/C27H33N5S/c1-5-15-29-17-18-33-26(25(28-4)23-13-9-10-20(2)19-23)24-14-16-30-27(32-24)31-21(3)22-11-7-6-8-12-22/h6-14,16,19,21,29H,4-5,15,17-18H2,1-3H3,(H,30,31,32)/b26-25-. The van der Waals surface area contributed by atoms with Gasteiger partial charge in [0.2, 0.25) is 5.95 Å². The number of thioether (sulfide) groups is 1. The molecule has 0 aliphatic carbocycles. The Morgan fingerprint density at radius 2 is 1.91 bits per heavy atom. The first-order valence-electron chi connectivity index (χ1n) is 11.4. The van der Waals surface area contributed by atoms with E-state index in [9.17, 15) is 0 Å². The molecule has 0 saturated carbocycles. The summed E-state index contributed by atoms with van der Waals surface area (Å²) in [6, 6.07) is 20.7. The molecular formula is C27H33N5S. The van der Waals surface area contributed by atoms with Crippen molar-refractivity contribution >= 4 is 35.0 Å². The molecule has 0 bridgehead atoms. The molecule has 3 rings (SSSR count). The van der Waals surface area contributed by atoms with Crippen LogP contribution in [0.2, 0.25) is 0 Å². The molecule has 2 aromatic carbocycles. The lowest BCUT2D eigenvalue weighted by Gasteiger charge is -2.16. The van der Waals surface area contributed by atoms with Crippen LogP contribution in [-0.2, 0) is 0 Å². The highest BCUT2D eigenvalue weighted by molar-refractivity contribution is 8.08. The fourth-order valence-electron chi connectivity index (χ4n) is 3.45. The lowest BCUT2D eigenvalue weighted by molar-refractivity contribution is 0.708. The van der Waals surface area contributed by atoms with Gasteiger partial charge in [0.05, 0.1) is 22.3 Å². The van der Waals surface area contributed by atoms with Crippen LogP contribution in [0.3, 0.4) is 0 Å². The largest absolute Gasteiger partial charge is 0.348 e. The van der Waals surface area contributed by atoms with Crippen LogP contribution < -0.4 is 10.6 Å². The summed E-state index contributed by atoms with van der Waals surface area (Å²) in [5.41, 5.74) is 5.10. The van der Waals surface area contributed by atoms with E-state index >= 15 is 0 Å². The molecule has 1 heterocycles. The second kappa shape index (κ2) is 12.9. The van der Waals surface area contributed by atoms with Gasteiger partial charge in [-0.05, 0) is 51.2 Å². The van der Waals surface area contributed by atoms with Crippen LogP contribution in [0.25, 0.3) is 10.6 Å².